The Balaban J connectivity index is 1.72. The minimum atomic E-state index is -0.331. The molecule has 1 amide bonds. The summed E-state index contributed by atoms with van der Waals surface area (Å²) in [6.45, 7) is 3.90. The Kier molecular flexibility index (Phi) is 4.85. The smallest absolute Gasteiger partial charge is 0.253 e. The van der Waals surface area contributed by atoms with Crippen molar-refractivity contribution in [3.63, 3.8) is 0 Å². The highest BCUT2D eigenvalue weighted by molar-refractivity contribution is 5.99. The predicted octanol–water partition coefficient (Wildman–Crippen LogP) is 4.77. The molecule has 0 radical (unpaired) electrons. The van der Waals surface area contributed by atoms with Gasteiger partial charge >= 0.3 is 0 Å². The second-order valence-electron chi connectivity index (χ2n) is 6.89. The number of aryl methyl sites for hydroxylation is 2. The Morgan fingerprint density at radius 1 is 0.929 bits per heavy atom. The molecule has 0 aliphatic rings. The van der Waals surface area contributed by atoms with Crippen molar-refractivity contribution in [3.05, 3.63) is 107 Å². The summed E-state index contributed by atoms with van der Waals surface area (Å²) in [5, 5.41) is 4.11. The van der Waals surface area contributed by atoms with Gasteiger partial charge in [-0.2, -0.15) is 0 Å². The topological polar surface area (TPSA) is 54.9 Å². The molecule has 2 aromatic heterocycles. The van der Waals surface area contributed by atoms with Crippen molar-refractivity contribution in [2.24, 2.45) is 0 Å². The normalized spacial score (nSPS) is 11.9. The summed E-state index contributed by atoms with van der Waals surface area (Å²) in [5.74, 6) is -0.159. The van der Waals surface area contributed by atoms with E-state index in [1.54, 1.807) is 6.20 Å². The molecule has 2 heterocycles. The molecule has 28 heavy (non-hydrogen) atoms. The van der Waals surface area contributed by atoms with Crippen LogP contribution in [0.2, 0.25) is 0 Å². The van der Waals surface area contributed by atoms with Crippen LogP contribution < -0.4 is 5.32 Å². The third-order valence-electron chi connectivity index (χ3n) is 4.80. The van der Waals surface area contributed by atoms with Crippen molar-refractivity contribution in [3.8, 4) is 0 Å². The molecule has 1 N–H and O–H groups in total. The van der Waals surface area contributed by atoms with Crippen molar-refractivity contribution in [1.82, 2.24) is 15.3 Å². The molecule has 0 aliphatic carbocycles. The van der Waals surface area contributed by atoms with Gasteiger partial charge in [-0.15, -0.1) is 0 Å². The van der Waals surface area contributed by atoms with Crippen LogP contribution in [0.25, 0.3) is 10.9 Å². The number of aromatic nitrogens is 2. The number of fused-ring (bicyclic) bond motifs is 1. The van der Waals surface area contributed by atoms with E-state index in [4.69, 9.17) is 0 Å². The van der Waals surface area contributed by atoms with Crippen molar-refractivity contribution in [2.75, 3.05) is 0 Å². The van der Waals surface area contributed by atoms with Crippen LogP contribution in [0, 0.1) is 13.8 Å². The number of hydrogen-bond donors (Lipinski definition) is 1. The summed E-state index contributed by atoms with van der Waals surface area (Å²) >= 11 is 0. The molecule has 0 fully saturated rings. The minimum absolute atomic E-state index is 0.159. The Hall–Kier alpha value is -3.53. The molecule has 2 aromatic carbocycles. The van der Waals surface area contributed by atoms with Crippen LogP contribution in [0.4, 0.5) is 0 Å². The Bertz CT molecular complexity index is 1090. The molecule has 0 aliphatic heterocycles. The summed E-state index contributed by atoms with van der Waals surface area (Å²) in [4.78, 5) is 22.2. The van der Waals surface area contributed by atoms with Gasteiger partial charge in [0.1, 0.15) is 0 Å². The molecule has 4 rings (SSSR count). The van der Waals surface area contributed by atoms with Crippen molar-refractivity contribution < 1.29 is 4.79 Å². The van der Waals surface area contributed by atoms with Gasteiger partial charge < -0.3 is 5.32 Å². The monoisotopic (exact) mass is 367 g/mol. The van der Waals surface area contributed by atoms with Crippen molar-refractivity contribution >= 4 is 16.8 Å². The molecule has 1 unspecified atom stereocenters. The van der Waals surface area contributed by atoms with E-state index in [0.29, 0.717) is 11.3 Å². The zero-order valence-corrected chi connectivity index (χ0v) is 15.9. The SMILES string of the molecule is Cc1ccc2nc(C)c(C(=O)NC(c3ccccc3)c3ccccn3)cc2c1. The number of benzene rings is 2. The van der Waals surface area contributed by atoms with Gasteiger partial charge in [-0.1, -0.05) is 48.0 Å². The van der Waals surface area contributed by atoms with Crippen LogP contribution in [-0.2, 0) is 0 Å². The average molecular weight is 367 g/mol. The summed E-state index contributed by atoms with van der Waals surface area (Å²) in [6.07, 6.45) is 1.74. The van der Waals surface area contributed by atoms with Gasteiger partial charge in [0.2, 0.25) is 0 Å². The van der Waals surface area contributed by atoms with Crippen LogP contribution in [-0.4, -0.2) is 15.9 Å². The van der Waals surface area contributed by atoms with E-state index in [0.717, 1.165) is 27.7 Å². The van der Waals surface area contributed by atoms with Crippen LogP contribution in [0.3, 0.4) is 0 Å². The second kappa shape index (κ2) is 7.61. The zero-order chi connectivity index (χ0) is 19.5. The molecule has 1 atom stereocenters. The Morgan fingerprint density at radius 2 is 1.71 bits per heavy atom. The number of hydrogen-bond acceptors (Lipinski definition) is 3. The van der Waals surface area contributed by atoms with Crippen molar-refractivity contribution in [1.29, 1.82) is 0 Å². The molecule has 4 nitrogen and oxygen atoms in total. The Morgan fingerprint density at radius 3 is 2.46 bits per heavy atom. The first-order valence-electron chi connectivity index (χ1n) is 9.26. The van der Waals surface area contributed by atoms with Gasteiger partial charge in [-0.05, 0) is 49.7 Å². The molecule has 138 valence electrons. The lowest BCUT2D eigenvalue weighted by Gasteiger charge is -2.19. The minimum Gasteiger partial charge on any atom is -0.339 e. The van der Waals surface area contributed by atoms with Gasteiger partial charge in [0.05, 0.1) is 28.5 Å². The van der Waals surface area contributed by atoms with Gasteiger partial charge in [0, 0.05) is 11.6 Å². The molecule has 0 bridgehead atoms. The van der Waals surface area contributed by atoms with Gasteiger partial charge in [-0.3, -0.25) is 14.8 Å². The number of nitrogens with one attached hydrogen (secondary N) is 1. The van der Waals surface area contributed by atoms with Crippen LogP contribution >= 0.6 is 0 Å². The predicted molar refractivity (Wildman–Crippen MR) is 111 cm³/mol. The van der Waals surface area contributed by atoms with E-state index in [9.17, 15) is 4.79 Å². The van der Waals surface area contributed by atoms with E-state index >= 15 is 0 Å². The standard InChI is InChI=1S/C24H21N3O/c1-16-11-12-21-19(14-16)15-20(17(2)26-21)24(28)27-23(18-8-4-3-5-9-18)22-10-6-7-13-25-22/h3-15,23H,1-2H3,(H,27,28). The largest absolute Gasteiger partial charge is 0.339 e. The number of carbonyl (C=O) groups excluding carboxylic acids is 1. The molecule has 4 aromatic rings. The third kappa shape index (κ3) is 3.62. The molecular formula is C24H21N3O. The summed E-state index contributed by atoms with van der Waals surface area (Å²) < 4.78 is 0. The van der Waals surface area contributed by atoms with E-state index in [1.807, 2.05) is 86.6 Å². The van der Waals surface area contributed by atoms with E-state index in [-0.39, 0.29) is 11.9 Å². The first-order chi connectivity index (χ1) is 13.6. The van der Waals surface area contributed by atoms with Gasteiger partial charge in [0.15, 0.2) is 0 Å². The van der Waals surface area contributed by atoms with E-state index in [2.05, 4.69) is 15.3 Å². The van der Waals surface area contributed by atoms with Crippen LogP contribution in [0.5, 0.6) is 0 Å². The number of pyridine rings is 2. The summed E-state index contributed by atoms with van der Waals surface area (Å²) in [7, 11) is 0. The lowest BCUT2D eigenvalue weighted by Crippen LogP contribution is -2.30. The number of nitrogens with zero attached hydrogens (tertiary/aromatic N) is 2. The van der Waals surface area contributed by atoms with Crippen molar-refractivity contribution in [2.45, 2.75) is 19.9 Å². The fourth-order valence-electron chi connectivity index (χ4n) is 3.35. The number of carbonyl (C=O) groups is 1. The van der Waals surface area contributed by atoms with Crippen LogP contribution in [0.15, 0.2) is 79.0 Å². The maximum absolute atomic E-state index is 13.2. The highest BCUT2D eigenvalue weighted by Gasteiger charge is 2.20. The maximum Gasteiger partial charge on any atom is 0.253 e. The summed E-state index contributed by atoms with van der Waals surface area (Å²) in [6, 6.07) is 23.2. The van der Waals surface area contributed by atoms with Gasteiger partial charge in [-0.25, -0.2) is 0 Å². The molecule has 0 saturated carbocycles. The lowest BCUT2D eigenvalue weighted by molar-refractivity contribution is 0.0941. The molecule has 0 spiro atoms. The first-order valence-corrected chi connectivity index (χ1v) is 9.26. The second-order valence-corrected chi connectivity index (χ2v) is 6.89. The maximum atomic E-state index is 13.2. The summed E-state index contributed by atoms with van der Waals surface area (Å²) in [5.41, 5.74) is 5.10. The fraction of sp³-hybridized carbons (Fsp3) is 0.125. The van der Waals surface area contributed by atoms with E-state index in [1.165, 1.54) is 0 Å². The van der Waals surface area contributed by atoms with E-state index < -0.39 is 0 Å². The fourth-order valence-corrected chi connectivity index (χ4v) is 3.35. The number of rotatable bonds is 4. The molecule has 4 heteroatoms. The first kappa shape index (κ1) is 17.9. The average Bonchev–Trinajstić information content (AvgIpc) is 2.73. The highest BCUT2D eigenvalue weighted by Crippen LogP contribution is 2.23. The number of amides is 1. The molecular weight excluding hydrogens is 346 g/mol. The lowest BCUT2D eigenvalue weighted by atomic mass is 10.0. The highest BCUT2D eigenvalue weighted by atomic mass is 16.1. The third-order valence-corrected chi connectivity index (χ3v) is 4.80. The van der Waals surface area contributed by atoms with Crippen LogP contribution in [0.1, 0.15) is 38.9 Å². The molecule has 0 saturated heterocycles. The quantitative estimate of drug-likeness (QED) is 0.565. The Labute approximate surface area is 164 Å². The zero-order valence-electron chi connectivity index (χ0n) is 15.9. The van der Waals surface area contributed by atoms with Gasteiger partial charge in [0.25, 0.3) is 5.91 Å².